The summed E-state index contributed by atoms with van der Waals surface area (Å²) < 4.78 is 13.2. The molecule has 1 aromatic rings. The maximum absolute atomic E-state index is 13.2. The van der Waals surface area contributed by atoms with E-state index in [9.17, 15) is 14.0 Å². The van der Waals surface area contributed by atoms with E-state index in [2.05, 4.69) is 10.6 Å². The van der Waals surface area contributed by atoms with Crippen LogP contribution in [0.4, 0.5) is 14.9 Å². The number of anilines is 1. The number of urea groups is 1. The molecule has 0 aromatic heterocycles. The highest BCUT2D eigenvalue weighted by atomic mass is 19.1. The predicted molar refractivity (Wildman–Crippen MR) is 74.0 cm³/mol. The fourth-order valence-corrected chi connectivity index (χ4v) is 1.86. The van der Waals surface area contributed by atoms with Crippen molar-refractivity contribution in [2.24, 2.45) is 0 Å². The molecule has 0 spiro atoms. The zero-order chi connectivity index (χ0) is 14.5. The molecule has 0 bridgehead atoms. The van der Waals surface area contributed by atoms with Crippen molar-refractivity contribution in [2.75, 3.05) is 18.0 Å². The van der Waals surface area contributed by atoms with Gasteiger partial charge in [0.2, 0.25) is 5.91 Å². The minimum atomic E-state index is -0.395. The summed E-state index contributed by atoms with van der Waals surface area (Å²) in [7, 11) is 0. The summed E-state index contributed by atoms with van der Waals surface area (Å²) in [6.45, 7) is 2.03. The van der Waals surface area contributed by atoms with E-state index in [4.69, 9.17) is 0 Å². The fraction of sp³-hybridized carbons (Fsp3) is 0.429. The Bertz CT molecular complexity index is 503. The van der Waals surface area contributed by atoms with Crippen molar-refractivity contribution in [3.63, 3.8) is 0 Å². The first-order valence-electron chi connectivity index (χ1n) is 6.64. The molecule has 0 saturated heterocycles. The number of carbonyl (C=O) groups is 2. The van der Waals surface area contributed by atoms with Gasteiger partial charge in [-0.1, -0.05) is 6.07 Å². The molecule has 0 radical (unpaired) electrons. The summed E-state index contributed by atoms with van der Waals surface area (Å²) in [5.41, 5.74) is 0.488. The number of nitrogens with one attached hydrogen (secondary N) is 2. The Labute approximate surface area is 117 Å². The number of amides is 3. The molecule has 5 nitrogen and oxygen atoms in total. The maximum atomic E-state index is 13.2. The van der Waals surface area contributed by atoms with Crippen molar-refractivity contribution in [1.29, 1.82) is 0 Å². The Morgan fingerprint density at radius 3 is 2.75 bits per heavy atom. The average molecular weight is 279 g/mol. The molecule has 108 valence electrons. The van der Waals surface area contributed by atoms with Crippen molar-refractivity contribution in [3.05, 3.63) is 30.1 Å². The standard InChI is InChI=1S/C14H18FN3O2/c1-10(19)18(13-4-2-3-11(15)9-13)8-7-16-14(20)17-12-5-6-12/h2-4,9,12H,5-8H2,1H3,(H2,16,17,20). The summed E-state index contributed by atoms with van der Waals surface area (Å²) in [6.07, 6.45) is 2.05. The second kappa shape index (κ2) is 6.36. The van der Waals surface area contributed by atoms with Crippen LogP contribution in [0.2, 0.25) is 0 Å². The Kier molecular flexibility index (Phi) is 4.55. The van der Waals surface area contributed by atoms with E-state index < -0.39 is 5.82 Å². The van der Waals surface area contributed by atoms with Gasteiger partial charge in [0, 0.05) is 31.7 Å². The molecule has 1 fully saturated rings. The summed E-state index contributed by atoms with van der Waals surface area (Å²) >= 11 is 0. The average Bonchev–Trinajstić information content (AvgIpc) is 3.18. The monoisotopic (exact) mass is 279 g/mol. The molecule has 20 heavy (non-hydrogen) atoms. The zero-order valence-electron chi connectivity index (χ0n) is 11.4. The Hall–Kier alpha value is -2.11. The third-order valence-corrected chi connectivity index (χ3v) is 3.03. The topological polar surface area (TPSA) is 61.4 Å². The second-order valence-corrected chi connectivity index (χ2v) is 4.83. The molecule has 2 rings (SSSR count). The van der Waals surface area contributed by atoms with E-state index >= 15 is 0 Å². The molecule has 6 heteroatoms. The van der Waals surface area contributed by atoms with Crippen LogP contribution < -0.4 is 15.5 Å². The minimum Gasteiger partial charge on any atom is -0.336 e. The van der Waals surface area contributed by atoms with E-state index in [1.54, 1.807) is 12.1 Å². The lowest BCUT2D eigenvalue weighted by Gasteiger charge is -2.21. The molecule has 1 saturated carbocycles. The van der Waals surface area contributed by atoms with Crippen molar-refractivity contribution < 1.29 is 14.0 Å². The first-order valence-corrected chi connectivity index (χ1v) is 6.64. The lowest BCUT2D eigenvalue weighted by Crippen LogP contribution is -2.42. The lowest BCUT2D eigenvalue weighted by atomic mass is 10.2. The van der Waals surface area contributed by atoms with Gasteiger partial charge in [0.25, 0.3) is 0 Å². The molecular weight excluding hydrogens is 261 g/mol. The van der Waals surface area contributed by atoms with Gasteiger partial charge < -0.3 is 15.5 Å². The van der Waals surface area contributed by atoms with Crippen LogP contribution in [0.25, 0.3) is 0 Å². The van der Waals surface area contributed by atoms with Gasteiger partial charge in [0.15, 0.2) is 0 Å². The minimum absolute atomic E-state index is 0.194. The third kappa shape index (κ3) is 4.22. The van der Waals surface area contributed by atoms with E-state index in [0.29, 0.717) is 24.8 Å². The highest BCUT2D eigenvalue weighted by Gasteiger charge is 2.23. The Morgan fingerprint density at radius 2 is 2.15 bits per heavy atom. The van der Waals surface area contributed by atoms with Gasteiger partial charge in [-0.2, -0.15) is 0 Å². The van der Waals surface area contributed by atoms with E-state index in [0.717, 1.165) is 12.8 Å². The van der Waals surface area contributed by atoms with Crippen LogP contribution in [0.5, 0.6) is 0 Å². The molecular formula is C14H18FN3O2. The first-order chi connectivity index (χ1) is 9.56. The van der Waals surface area contributed by atoms with Crippen LogP contribution >= 0.6 is 0 Å². The van der Waals surface area contributed by atoms with Crippen LogP contribution in [0.3, 0.4) is 0 Å². The van der Waals surface area contributed by atoms with Gasteiger partial charge >= 0.3 is 6.03 Å². The summed E-state index contributed by atoms with van der Waals surface area (Å²) in [4.78, 5) is 24.5. The van der Waals surface area contributed by atoms with Gasteiger partial charge in [-0.15, -0.1) is 0 Å². The van der Waals surface area contributed by atoms with E-state index in [1.807, 2.05) is 0 Å². The molecule has 0 heterocycles. The van der Waals surface area contributed by atoms with Crippen LogP contribution in [-0.2, 0) is 4.79 Å². The Balaban J connectivity index is 1.86. The van der Waals surface area contributed by atoms with Crippen molar-refractivity contribution >= 4 is 17.6 Å². The number of carbonyl (C=O) groups excluding carboxylic acids is 2. The SMILES string of the molecule is CC(=O)N(CCNC(=O)NC1CC1)c1cccc(F)c1. The predicted octanol–water partition coefficient (Wildman–Crippen LogP) is 1.64. The van der Waals surface area contributed by atoms with Crippen molar-refractivity contribution in [2.45, 2.75) is 25.8 Å². The molecule has 1 aliphatic rings. The molecule has 0 aliphatic heterocycles. The number of benzene rings is 1. The lowest BCUT2D eigenvalue weighted by molar-refractivity contribution is -0.116. The summed E-state index contributed by atoms with van der Waals surface area (Å²) in [6, 6.07) is 5.90. The first kappa shape index (κ1) is 14.3. The van der Waals surface area contributed by atoms with Gasteiger partial charge in [-0.25, -0.2) is 9.18 Å². The molecule has 0 atom stereocenters. The van der Waals surface area contributed by atoms with Gasteiger partial charge in [-0.3, -0.25) is 4.79 Å². The van der Waals surface area contributed by atoms with E-state index in [1.165, 1.54) is 24.0 Å². The zero-order valence-corrected chi connectivity index (χ0v) is 11.4. The highest BCUT2D eigenvalue weighted by Crippen LogP contribution is 2.18. The molecule has 1 aliphatic carbocycles. The van der Waals surface area contributed by atoms with Crippen molar-refractivity contribution in [1.82, 2.24) is 10.6 Å². The molecule has 0 unspecified atom stereocenters. The van der Waals surface area contributed by atoms with Crippen LogP contribution in [-0.4, -0.2) is 31.1 Å². The fourth-order valence-electron chi connectivity index (χ4n) is 1.86. The Morgan fingerprint density at radius 1 is 1.40 bits per heavy atom. The third-order valence-electron chi connectivity index (χ3n) is 3.03. The molecule has 1 aromatic carbocycles. The highest BCUT2D eigenvalue weighted by molar-refractivity contribution is 5.91. The van der Waals surface area contributed by atoms with Gasteiger partial charge in [0.1, 0.15) is 5.82 Å². The van der Waals surface area contributed by atoms with Crippen molar-refractivity contribution in [3.8, 4) is 0 Å². The number of nitrogens with zero attached hydrogens (tertiary/aromatic N) is 1. The number of hydrogen-bond donors (Lipinski definition) is 2. The van der Waals surface area contributed by atoms with Crippen LogP contribution in [0.1, 0.15) is 19.8 Å². The van der Waals surface area contributed by atoms with E-state index in [-0.39, 0.29) is 11.9 Å². The number of hydrogen-bond acceptors (Lipinski definition) is 2. The van der Waals surface area contributed by atoms with Crippen LogP contribution in [0, 0.1) is 5.82 Å². The quantitative estimate of drug-likeness (QED) is 0.860. The molecule has 2 N–H and O–H groups in total. The smallest absolute Gasteiger partial charge is 0.315 e. The second-order valence-electron chi connectivity index (χ2n) is 4.83. The number of rotatable bonds is 5. The summed E-state index contributed by atoms with van der Waals surface area (Å²) in [5, 5.41) is 5.48. The van der Waals surface area contributed by atoms with Crippen LogP contribution in [0.15, 0.2) is 24.3 Å². The summed E-state index contributed by atoms with van der Waals surface area (Å²) in [5.74, 6) is -0.590. The van der Waals surface area contributed by atoms with Gasteiger partial charge in [-0.05, 0) is 31.0 Å². The number of halogens is 1. The van der Waals surface area contributed by atoms with Gasteiger partial charge in [0.05, 0.1) is 0 Å². The largest absolute Gasteiger partial charge is 0.336 e. The molecule has 3 amide bonds. The maximum Gasteiger partial charge on any atom is 0.315 e. The normalized spacial score (nSPS) is 13.7.